The lowest BCUT2D eigenvalue weighted by Crippen LogP contribution is -2.12. The van der Waals surface area contributed by atoms with E-state index >= 15 is 8.78 Å². The minimum absolute atomic E-state index is 0.000199. The summed E-state index contributed by atoms with van der Waals surface area (Å²) in [5, 5.41) is 0. The van der Waals surface area contributed by atoms with Gasteiger partial charge < -0.3 is 0 Å². The van der Waals surface area contributed by atoms with Crippen LogP contribution in [0.15, 0.2) is 82.6 Å². The van der Waals surface area contributed by atoms with E-state index in [9.17, 15) is 0 Å². The summed E-state index contributed by atoms with van der Waals surface area (Å²) in [7, 11) is 0. The van der Waals surface area contributed by atoms with Crippen LogP contribution >= 0.6 is 23.5 Å². The molecular weight excluding hydrogens is 486 g/mol. The van der Waals surface area contributed by atoms with Gasteiger partial charge in [-0.1, -0.05) is 63.2 Å². The molecule has 4 heteroatoms. The Labute approximate surface area is 220 Å². The summed E-state index contributed by atoms with van der Waals surface area (Å²) in [6.45, 7) is 6.43. The normalized spacial score (nSPS) is 18.5. The molecule has 0 saturated carbocycles. The standard InChI is InChI=1S/C32H28F2S2/c1-18(2)30-25-12-11-20(15-29(25)36-16-21-7-6-9-26(33)32(21)30)22-13-23-17-35-28-10-5-4-8-24(28)19(3)31(23)27(34)14-22/h4-15,18-19,30H,16-17H2,1-3H3/t19-,30+/m0/s1. The molecule has 0 unspecified atom stereocenters. The first-order valence-corrected chi connectivity index (χ1v) is 14.5. The molecule has 0 saturated heterocycles. The van der Waals surface area contributed by atoms with Crippen molar-refractivity contribution < 1.29 is 8.78 Å². The molecule has 0 aliphatic carbocycles. The molecule has 2 aliphatic rings. The molecule has 182 valence electrons. The topological polar surface area (TPSA) is 0 Å². The van der Waals surface area contributed by atoms with Crippen LogP contribution < -0.4 is 0 Å². The molecule has 2 aliphatic heterocycles. The van der Waals surface area contributed by atoms with Crippen LogP contribution in [0.5, 0.6) is 0 Å². The van der Waals surface area contributed by atoms with Crippen molar-refractivity contribution in [2.75, 3.05) is 0 Å². The van der Waals surface area contributed by atoms with Crippen molar-refractivity contribution in [1.82, 2.24) is 0 Å². The number of rotatable bonds is 2. The van der Waals surface area contributed by atoms with Crippen LogP contribution in [0.1, 0.15) is 66.0 Å². The fourth-order valence-electron chi connectivity index (χ4n) is 5.88. The quantitative estimate of drug-likeness (QED) is 0.261. The number of thioether (sulfide) groups is 2. The maximum Gasteiger partial charge on any atom is 0.127 e. The van der Waals surface area contributed by atoms with Crippen molar-refractivity contribution in [3.8, 4) is 11.1 Å². The summed E-state index contributed by atoms with van der Waals surface area (Å²) in [6, 6.07) is 24.1. The van der Waals surface area contributed by atoms with Crippen LogP contribution in [0, 0.1) is 17.6 Å². The van der Waals surface area contributed by atoms with Crippen LogP contribution in [0.3, 0.4) is 0 Å². The highest BCUT2D eigenvalue weighted by atomic mass is 32.2. The predicted molar refractivity (Wildman–Crippen MR) is 148 cm³/mol. The van der Waals surface area contributed by atoms with E-state index in [1.165, 1.54) is 10.5 Å². The van der Waals surface area contributed by atoms with E-state index in [1.807, 2.05) is 18.2 Å². The highest BCUT2D eigenvalue weighted by Crippen LogP contribution is 2.47. The predicted octanol–water partition coefficient (Wildman–Crippen LogP) is 9.78. The summed E-state index contributed by atoms with van der Waals surface area (Å²) in [4.78, 5) is 2.39. The number of fused-ring (bicyclic) bond motifs is 4. The van der Waals surface area contributed by atoms with Gasteiger partial charge in [-0.2, -0.15) is 0 Å². The van der Waals surface area contributed by atoms with Crippen LogP contribution in [-0.2, 0) is 11.5 Å². The molecule has 4 aromatic rings. The molecule has 0 aromatic heterocycles. The van der Waals surface area contributed by atoms with Crippen molar-refractivity contribution in [3.63, 3.8) is 0 Å². The van der Waals surface area contributed by atoms with Gasteiger partial charge in [-0.25, -0.2) is 8.78 Å². The molecular formula is C32H28F2S2. The van der Waals surface area contributed by atoms with Crippen LogP contribution in [0.2, 0.25) is 0 Å². The first-order valence-electron chi connectivity index (χ1n) is 12.5. The zero-order valence-corrected chi connectivity index (χ0v) is 22.3. The minimum atomic E-state index is -0.135. The summed E-state index contributed by atoms with van der Waals surface area (Å²) < 4.78 is 30.7. The second-order valence-electron chi connectivity index (χ2n) is 10.2. The highest BCUT2D eigenvalue weighted by Gasteiger charge is 2.30. The van der Waals surface area contributed by atoms with Crippen molar-refractivity contribution in [3.05, 3.63) is 118 Å². The maximum atomic E-state index is 15.7. The monoisotopic (exact) mass is 514 g/mol. The Balaban J connectivity index is 1.43. The van der Waals surface area contributed by atoms with Gasteiger partial charge in [-0.05, 0) is 80.8 Å². The fourth-order valence-corrected chi connectivity index (χ4v) is 8.15. The third-order valence-electron chi connectivity index (χ3n) is 7.60. The SMILES string of the molecule is CC(C)[C@@H]1c2ccc(-c3cc(F)c4c(c3)CSc3ccccc3[C@@H]4C)cc2SCc2cccc(F)c21. The van der Waals surface area contributed by atoms with Gasteiger partial charge >= 0.3 is 0 Å². The smallest absolute Gasteiger partial charge is 0.127 e. The van der Waals surface area contributed by atoms with Gasteiger partial charge in [0.1, 0.15) is 11.6 Å². The second-order valence-corrected chi connectivity index (χ2v) is 12.2. The molecule has 0 bridgehead atoms. The number of hydrogen-bond donors (Lipinski definition) is 0. The van der Waals surface area contributed by atoms with Crippen molar-refractivity contribution in [2.45, 2.75) is 53.9 Å². The number of halogens is 2. The Kier molecular flexibility index (Phi) is 6.21. The van der Waals surface area contributed by atoms with Gasteiger partial charge in [-0.15, -0.1) is 23.5 Å². The molecule has 0 spiro atoms. The third kappa shape index (κ3) is 3.99. The molecule has 0 nitrogen and oxygen atoms in total. The molecule has 2 atom stereocenters. The summed E-state index contributed by atoms with van der Waals surface area (Å²) >= 11 is 3.54. The molecule has 0 N–H and O–H groups in total. The molecule has 2 heterocycles. The lowest BCUT2D eigenvalue weighted by molar-refractivity contribution is 0.517. The van der Waals surface area contributed by atoms with E-state index in [1.54, 1.807) is 35.7 Å². The number of hydrogen-bond acceptors (Lipinski definition) is 2. The van der Waals surface area contributed by atoms with E-state index in [0.717, 1.165) is 55.3 Å². The molecule has 4 aromatic carbocycles. The van der Waals surface area contributed by atoms with Gasteiger partial charge in [-0.3, -0.25) is 0 Å². The van der Waals surface area contributed by atoms with Gasteiger partial charge in [0.2, 0.25) is 0 Å². The molecule has 0 fully saturated rings. The lowest BCUT2D eigenvalue weighted by Gasteiger charge is -2.24. The Morgan fingerprint density at radius 2 is 1.47 bits per heavy atom. The van der Waals surface area contributed by atoms with E-state index in [0.29, 0.717) is 0 Å². The second kappa shape index (κ2) is 9.39. The van der Waals surface area contributed by atoms with Gasteiger partial charge in [0.05, 0.1) is 0 Å². The summed E-state index contributed by atoms with van der Waals surface area (Å²) in [6.07, 6.45) is 0. The molecule has 0 amide bonds. The summed E-state index contributed by atoms with van der Waals surface area (Å²) in [5.41, 5.74) is 8.05. The summed E-state index contributed by atoms with van der Waals surface area (Å²) in [5.74, 6) is 1.51. The Hall–Kier alpha value is -2.56. The molecule has 0 radical (unpaired) electrons. The average molecular weight is 515 g/mol. The lowest BCUT2D eigenvalue weighted by atomic mass is 9.80. The van der Waals surface area contributed by atoms with E-state index in [2.05, 4.69) is 63.2 Å². The number of benzene rings is 4. The largest absolute Gasteiger partial charge is 0.207 e. The van der Waals surface area contributed by atoms with Gasteiger partial charge in [0, 0.05) is 33.1 Å². The van der Waals surface area contributed by atoms with E-state index < -0.39 is 0 Å². The molecule has 36 heavy (non-hydrogen) atoms. The fraction of sp³-hybridized carbons (Fsp3) is 0.250. The van der Waals surface area contributed by atoms with Crippen LogP contribution in [0.4, 0.5) is 8.78 Å². The van der Waals surface area contributed by atoms with Gasteiger partial charge in [0.15, 0.2) is 0 Å². The minimum Gasteiger partial charge on any atom is -0.207 e. The zero-order chi connectivity index (χ0) is 25.0. The van der Waals surface area contributed by atoms with E-state index in [4.69, 9.17) is 0 Å². The van der Waals surface area contributed by atoms with Crippen molar-refractivity contribution in [2.24, 2.45) is 5.92 Å². The Morgan fingerprint density at radius 3 is 2.31 bits per heavy atom. The van der Waals surface area contributed by atoms with Crippen molar-refractivity contribution >= 4 is 23.5 Å². The van der Waals surface area contributed by atoms with Crippen molar-refractivity contribution in [1.29, 1.82) is 0 Å². The molecule has 6 rings (SSSR count). The van der Waals surface area contributed by atoms with Crippen LogP contribution in [0.25, 0.3) is 11.1 Å². The van der Waals surface area contributed by atoms with Gasteiger partial charge in [0.25, 0.3) is 0 Å². The van der Waals surface area contributed by atoms with Crippen LogP contribution in [-0.4, -0.2) is 0 Å². The Bertz CT molecular complexity index is 1470. The first-order chi connectivity index (χ1) is 17.4. The Morgan fingerprint density at radius 1 is 0.694 bits per heavy atom. The first kappa shape index (κ1) is 23.8. The average Bonchev–Trinajstić information content (AvgIpc) is 3.13. The third-order valence-corrected chi connectivity index (χ3v) is 9.86. The zero-order valence-electron chi connectivity index (χ0n) is 20.6. The maximum absolute atomic E-state index is 15.7. The highest BCUT2D eigenvalue weighted by molar-refractivity contribution is 7.98. The van der Waals surface area contributed by atoms with E-state index in [-0.39, 0.29) is 29.4 Å².